The van der Waals surface area contributed by atoms with Gasteiger partial charge in [0, 0.05) is 13.2 Å². The van der Waals surface area contributed by atoms with Gasteiger partial charge in [0.25, 0.3) is 0 Å². The lowest BCUT2D eigenvalue weighted by molar-refractivity contribution is -0.117. The number of amides is 1. The fourth-order valence-electron chi connectivity index (χ4n) is 1.31. The minimum atomic E-state index is -0.449. The van der Waals surface area contributed by atoms with Gasteiger partial charge < -0.3 is 11.1 Å². The Labute approximate surface area is 89.6 Å². The first-order chi connectivity index (χ1) is 7.08. The van der Waals surface area contributed by atoms with Crippen LogP contribution < -0.4 is 11.1 Å². The molecule has 1 atom stereocenters. The van der Waals surface area contributed by atoms with E-state index >= 15 is 0 Å². The van der Waals surface area contributed by atoms with Crippen LogP contribution in [0.4, 0.5) is 5.69 Å². The van der Waals surface area contributed by atoms with E-state index in [0.717, 1.165) is 17.8 Å². The van der Waals surface area contributed by atoms with Crippen molar-refractivity contribution in [2.24, 2.45) is 12.8 Å². The lowest BCUT2D eigenvalue weighted by atomic mass is 10.2. The van der Waals surface area contributed by atoms with E-state index in [1.807, 2.05) is 20.9 Å². The molecule has 0 aliphatic carbocycles. The molecule has 5 heteroatoms. The molecule has 0 fully saturated rings. The highest BCUT2D eigenvalue weighted by Gasteiger charge is 2.14. The molecule has 1 heterocycles. The fourth-order valence-corrected chi connectivity index (χ4v) is 1.31. The van der Waals surface area contributed by atoms with Crippen molar-refractivity contribution in [1.82, 2.24) is 9.78 Å². The number of nitrogens with zero attached hydrogens (tertiary/aromatic N) is 2. The zero-order valence-electron chi connectivity index (χ0n) is 9.45. The van der Waals surface area contributed by atoms with Crippen LogP contribution >= 0.6 is 0 Å². The molecule has 1 amide bonds. The van der Waals surface area contributed by atoms with E-state index in [0.29, 0.717) is 6.42 Å². The highest BCUT2D eigenvalue weighted by atomic mass is 16.2. The second kappa shape index (κ2) is 4.93. The summed E-state index contributed by atoms with van der Waals surface area (Å²) in [4.78, 5) is 11.5. The van der Waals surface area contributed by atoms with Gasteiger partial charge in [0.2, 0.25) is 5.91 Å². The van der Waals surface area contributed by atoms with Gasteiger partial charge in [0.1, 0.15) is 0 Å². The van der Waals surface area contributed by atoms with E-state index in [1.54, 1.807) is 10.9 Å². The molecule has 0 saturated heterocycles. The summed E-state index contributed by atoms with van der Waals surface area (Å²) >= 11 is 0. The molecule has 0 radical (unpaired) electrons. The van der Waals surface area contributed by atoms with Crippen molar-refractivity contribution in [3.63, 3.8) is 0 Å². The van der Waals surface area contributed by atoms with E-state index in [-0.39, 0.29) is 5.91 Å². The Kier molecular flexibility index (Phi) is 3.85. The first-order valence-electron chi connectivity index (χ1n) is 5.17. The molecule has 0 saturated carbocycles. The van der Waals surface area contributed by atoms with Gasteiger partial charge in [-0.15, -0.1) is 0 Å². The SMILES string of the molecule is CCc1nn(C)cc1NC(=O)[C@H](N)CC. The zero-order chi connectivity index (χ0) is 11.4. The van der Waals surface area contributed by atoms with Gasteiger partial charge in [-0.1, -0.05) is 13.8 Å². The van der Waals surface area contributed by atoms with Crippen LogP contribution in [0.1, 0.15) is 26.0 Å². The summed E-state index contributed by atoms with van der Waals surface area (Å²) in [5.41, 5.74) is 7.27. The van der Waals surface area contributed by atoms with E-state index in [9.17, 15) is 4.79 Å². The van der Waals surface area contributed by atoms with Gasteiger partial charge in [-0.2, -0.15) is 5.10 Å². The molecular formula is C10H18N4O. The van der Waals surface area contributed by atoms with E-state index in [4.69, 9.17) is 5.73 Å². The van der Waals surface area contributed by atoms with Crippen molar-refractivity contribution >= 4 is 11.6 Å². The summed E-state index contributed by atoms with van der Waals surface area (Å²) in [6, 6.07) is -0.449. The van der Waals surface area contributed by atoms with E-state index in [1.165, 1.54) is 0 Å². The molecule has 0 unspecified atom stereocenters. The van der Waals surface area contributed by atoms with Crippen molar-refractivity contribution in [2.45, 2.75) is 32.7 Å². The second-order valence-electron chi connectivity index (χ2n) is 3.52. The number of carbonyl (C=O) groups is 1. The zero-order valence-corrected chi connectivity index (χ0v) is 9.45. The number of hydrogen-bond acceptors (Lipinski definition) is 3. The van der Waals surface area contributed by atoms with E-state index < -0.39 is 6.04 Å². The summed E-state index contributed by atoms with van der Waals surface area (Å²) in [6.45, 7) is 3.88. The molecule has 1 aromatic rings. The van der Waals surface area contributed by atoms with Crippen LogP contribution in [0, 0.1) is 0 Å². The van der Waals surface area contributed by atoms with E-state index in [2.05, 4.69) is 10.4 Å². The summed E-state index contributed by atoms with van der Waals surface area (Å²) in [7, 11) is 1.83. The summed E-state index contributed by atoms with van der Waals surface area (Å²) in [5.74, 6) is -0.153. The maximum atomic E-state index is 11.5. The predicted molar refractivity (Wildman–Crippen MR) is 59.5 cm³/mol. The Balaban J connectivity index is 2.75. The summed E-state index contributed by atoms with van der Waals surface area (Å²) in [6.07, 6.45) is 3.21. The van der Waals surface area contributed by atoms with Crippen molar-refractivity contribution < 1.29 is 4.79 Å². The molecule has 0 aromatic carbocycles. The van der Waals surface area contributed by atoms with Crippen molar-refractivity contribution in [3.05, 3.63) is 11.9 Å². The standard InChI is InChI=1S/C10H18N4O/c1-4-7(11)10(15)12-9-6-14(3)13-8(9)5-2/h6-7H,4-5,11H2,1-3H3,(H,12,15)/t7-/m1/s1. The molecule has 1 aromatic heterocycles. The largest absolute Gasteiger partial charge is 0.322 e. The van der Waals surface area contributed by atoms with Crippen LogP contribution in [-0.2, 0) is 18.3 Å². The Hall–Kier alpha value is -1.36. The first kappa shape index (κ1) is 11.7. The van der Waals surface area contributed by atoms with Crippen LogP contribution in [0.15, 0.2) is 6.20 Å². The van der Waals surface area contributed by atoms with Gasteiger partial charge in [-0.25, -0.2) is 0 Å². The number of aryl methyl sites for hydroxylation is 2. The van der Waals surface area contributed by atoms with Gasteiger partial charge >= 0.3 is 0 Å². The monoisotopic (exact) mass is 210 g/mol. The van der Waals surface area contributed by atoms with Crippen molar-refractivity contribution in [1.29, 1.82) is 0 Å². The van der Waals surface area contributed by atoms with Crippen LogP contribution in [0.2, 0.25) is 0 Å². The normalized spacial score (nSPS) is 12.5. The molecule has 1 rings (SSSR count). The number of nitrogens with two attached hydrogens (primary N) is 1. The Morgan fingerprint density at radius 3 is 2.87 bits per heavy atom. The average Bonchev–Trinajstić information content (AvgIpc) is 2.57. The topological polar surface area (TPSA) is 72.9 Å². The summed E-state index contributed by atoms with van der Waals surface area (Å²) in [5, 5.41) is 7.01. The molecular weight excluding hydrogens is 192 g/mol. The van der Waals surface area contributed by atoms with Gasteiger partial charge in [-0.05, 0) is 12.8 Å². The number of hydrogen-bond donors (Lipinski definition) is 2. The molecule has 0 spiro atoms. The summed E-state index contributed by atoms with van der Waals surface area (Å²) < 4.78 is 1.69. The van der Waals surface area contributed by atoms with Crippen LogP contribution in [0.5, 0.6) is 0 Å². The predicted octanol–water partition coefficient (Wildman–Crippen LogP) is 0.658. The highest BCUT2D eigenvalue weighted by Crippen LogP contribution is 2.13. The third-order valence-corrected chi connectivity index (χ3v) is 2.27. The third-order valence-electron chi connectivity index (χ3n) is 2.27. The highest BCUT2D eigenvalue weighted by molar-refractivity contribution is 5.94. The maximum absolute atomic E-state index is 11.5. The smallest absolute Gasteiger partial charge is 0.241 e. The molecule has 5 nitrogen and oxygen atoms in total. The fraction of sp³-hybridized carbons (Fsp3) is 0.600. The molecule has 3 N–H and O–H groups in total. The molecule has 0 aliphatic rings. The maximum Gasteiger partial charge on any atom is 0.241 e. The molecule has 0 aliphatic heterocycles. The van der Waals surface area contributed by atoms with Crippen LogP contribution in [0.3, 0.4) is 0 Å². The molecule has 84 valence electrons. The number of nitrogens with one attached hydrogen (secondary N) is 1. The average molecular weight is 210 g/mol. The number of aromatic nitrogens is 2. The van der Waals surface area contributed by atoms with Gasteiger partial charge in [0.15, 0.2) is 0 Å². The van der Waals surface area contributed by atoms with Crippen LogP contribution in [-0.4, -0.2) is 21.7 Å². The number of anilines is 1. The van der Waals surface area contributed by atoms with Crippen molar-refractivity contribution in [3.8, 4) is 0 Å². The minimum absolute atomic E-state index is 0.153. The Bertz CT molecular complexity index is 345. The first-order valence-corrected chi connectivity index (χ1v) is 5.17. The van der Waals surface area contributed by atoms with Gasteiger partial charge in [0.05, 0.1) is 17.4 Å². The molecule has 0 bridgehead atoms. The third kappa shape index (κ3) is 2.79. The Morgan fingerprint density at radius 2 is 2.33 bits per heavy atom. The quantitative estimate of drug-likeness (QED) is 0.766. The van der Waals surface area contributed by atoms with Crippen LogP contribution in [0.25, 0.3) is 0 Å². The minimum Gasteiger partial charge on any atom is -0.322 e. The number of rotatable bonds is 4. The Morgan fingerprint density at radius 1 is 1.67 bits per heavy atom. The molecule has 15 heavy (non-hydrogen) atoms. The second-order valence-corrected chi connectivity index (χ2v) is 3.52. The van der Waals surface area contributed by atoms with Crippen molar-refractivity contribution in [2.75, 3.05) is 5.32 Å². The number of carbonyl (C=O) groups excluding carboxylic acids is 1. The van der Waals surface area contributed by atoms with Gasteiger partial charge in [-0.3, -0.25) is 9.48 Å². The lowest BCUT2D eigenvalue weighted by Crippen LogP contribution is -2.34. The lowest BCUT2D eigenvalue weighted by Gasteiger charge is -2.08.